The van der Waals surface area contributed by atoms with Gasteiger partial charge in [0.05, 0.1) is 11.6 Å². The molecular formula is C16H15FN2OS. The monoisotopic (exact) mass is 302 g/mol. The Morgan fingerprint density at radius 2 is 2.10 bits per heavy atom. The first-order valence-corrected chi connectivity index (χ1v) is 7.71. The summed E-state index contributed by atoms with van der Waals surface area (Å²) in [6.45, 7) is 0. The molecule has 2 aromatic rings. The molecule has 1 amide bonds. The van der Waals surface area contributed by atoms with Crippen molar-refractivity contribution in [2.45, 2.75) is 17.4 Å². The molecule has 0 saturated carbocycles. The number of anilines is 1. The van der Waals surface area contributed by atoms with Gasteiger partial charge in [-0.2, -0.15) is 0 Å². The minimum Gasteiger partial charge on any atom is -0.398 e. The Balaban J connectivity index is 1.85. The summed E-state index contributed by atoms with van der Waals surface area (Å²) in [5, 5.41) is 2.96. The fourth-order valence-electron chi connectivity index (χ4n) is 2.46. The molecular weight excluding hydrogens is 287 g/mol. The largest absolute Gasteiger partial charge is 0.398 e. The molecule has 21 heavy (non-hydrogen) atoms. The Bertz CT molecular complexity index is 690. The number of hydrogen-bond acceptors (Lipinski definition) is 3. The van der Waals surface area contributed by atoms with Gasteiger partial charge >= 0.3 is 0 Å². The maximum atomic E-state index is 13.5. The van der Waals surface area contributed by atoms with Crippen molar-refractivity contribution in [1.29, 1.82) is 0 Å². The van der Waals surface area contributed by atoms with Crippen LogP contribution < -0.4 is 11.1 Å². The van der Waals surface area contributed by atoms with Gasteiger partial charge in [0.25, 0.3) is 5.91 Å². The quantitative estimate of drug-likeness (QED) is 0.836. The molecule has 0 aliphatic carbocycles. The molecule has 1 aliphatic rings. The highest BCUT2D eigenvalue weighted by Gasteiger charge is 2.23. The van der Waals surface area contributed by atoms with E-state index in [1.54, 1.807) is 42.1 Å². The number of rotatable bonds is 2. The molecule has 2 aromatic carbocycles. The second kappa shape index (κ2) is 5.77. The summed E-state index contributed by atoms with van der Waals surface area (Å²) in [6.07, 6.45) is 0.777. The van der Waals surface area contributed by atoms with Gasteiger partial charge in [-0.1, -0.05) is 12.1 Å². The van der Waals surface area contributed by atoms with E-state index >= 15 is 0 Å². The molecule has 0 spiro atoms. The molecule has 1 aliphatic heterocycles. The van der Waals surface area contributed by atoms with E-state index in [1.165, 1.54) is 12.1 Å². The Morgan fingerprint density at radius 1 is 1.29 bits per heavy atom. The predicted octanol–water partition coefficient (Wildman–Crippen LogP) is 3.37. The van der Waals surface area contributed by atoms with Crippen LogP contribution in [0.5, 0.6) is 0 Å². The van der Waals surface area contributed by atoms with E-state index in [1.807, 2.05) is 0 Å². The third-order valence-electron chi connectivity index (χ3n) is 3.52. The number of nitrogens with two attached hydrogens (primary N) is 1. The molecule has 3 N–H and O–H groups in total. The zero-order valence-corrected chi connectivity index (χ0v) is 12.1. The van der Waals surface area contributed by atoms with Crippen LogP contribution in [0, 0.1) is 5.82 Å². The SMILES string of the molecule is Nc1ccccc1C(=O)NC1CCSc2ccc(F)cc21. The van der Waals surface area contributed by atoms with Crippen LogP contribution >= 0.6 is 11.8 Å². The number of carbonyl (C=O) groups is 1. The minimum atomic E-state index is -0.283. The summed E-state index contributed by atoms with van der Waals surface area (Å²) in [6, 6.07) is 11.5. The molecule has 3 rings (SSSR count). The Morgan fingerprint density at radius 3 is 2.90 bits per heavy atom. The number of carbonyl (C=O) groups excluding carboxylic acids is 1. The number of para-hydroxylation sites is 1. The predicted molar refractivity (Wildman–Crippen MR) is 82.8 cm³/mol. The first-order chi connectivity index (χ1) is 10.1. The molecule has 0 aromatic heterocycles. The van der Waals surface area contributed by atoms with E-state index in [-0.39, 0.29) is 17.8 Å². The second-order valence-electron chi connectivity index (χ2n) is 4.93. The number of amides is 1. The van der Waals surface area contributed by atoms with E-state index in [2.05, 4.69) is 5.32 Å². The first-order valence-electron chi connectivity index (χ1n) is 6.73. The van der Waals surface area contributed by atoms with Crippen molar-refractivity contribution in [2.75, 3.05) is 11.5 Å². The number of nitrogen functional groups attached to an aromatic ring is 1. The van der Waals surface area contributed by atoms with Crippen LogP contribution in [-0.2, 0) is 0 Å². The fraction of sp³-hybridized carbons (Fsp3) is 0.188. The number of thioether (sulfide) groups is 1. The van der Waals surface area contributed by atoms with Gasteiger partial charge in [0, 0.05) is 16.3 Å². The van der Waals surface area contributed by atoms with Crippen molar-refractivity contribution in [3.05, 3.63) is 59.4 Å². The lowest BCUT2D eigenvalue weighted by molar-refractivity contribution is 0.0936. The third kappa shape index (κ3) is 2.88. The number of benzene rings is 2. The van der Waals surface area contributed by atoms with Crippen LogP contribution in [-0.4, -0.2) is 11.7 Å². The highest BCUT2D eigenvalue weighted by atomic mass is 32.2. The Hall–Kier alpha value is -2.01. The minimum absolute atomic E-state index is 0.177. The van der Waals surface area contributed by atoms with Gasteiger partial charge < -0.3 is 11.1 Å². The lowest BCUT2D eigenvalue weighted by Crippen LogP contribution is -2.31. The van der Waals surface area contributed by atoms with Crippen LogP contribution in [0.2, 0.25) is 0 Å². The van der Waals surface area contributed by atoms with E-state index in [0.717, 1.165) is 22.6 Å². The summed E-state index contributed by atoms with van der Waals surface area (Å²) in [4.78, 5) is 13.4. The molecule has 0 bridgehead atoms. The van der Waals surface area contributed by atoms with Crippen LogP contribution in [0.25, 0.3) is 0 Å². The maximum Gasteiger partial charge on any atom is 0.253 e. The topological polar surface area (TPSA) is 55.1 Å². The molecule has 5 heteroatoms. The zero-order chi connectivity index (χ0) is 14.8. The molecule has 0 fully saturated rings. The number of halogens is 1. The highest BCUT2D eigenvalue weighted by Crippen LogP contribution is 2.36. The van der Waals surface area contributed by atoms with Crippen LogP contribution in [0.1, 0.15) is 28.4 Å². The van der Waals surface area contributed by atoms with E-state index in [4.69, 9.17) is 5.73 Å². The van der Waals surface area contributed by atoms with E-state index < -0.39 is 0 Å². The standard InChI is InChI=1S/C16H15FN2OS/c17-10-5-6-15-12(9-10)14(7-8-21-15)19-16(20)11-3-1-2-4-13(11)18/h1-6,9,14H,7-8,18H2,(H,19,20). The Labute approximate surface area is 126 Å². The molecule has 1 atom stereocenters. The summed E-state index contributed by atoms with van der Waals surface area (Å²) in [5.74, 6) is 0.392. The van der Waals surface area contributed by atoms with Gasteiger partial charge in [-0.15, -0.1) is 11.8 Å². The molecule has 1 unspecified atom stereocenters. The number of hydrogen-bond donors (Lipinski definition) is 2. The average Bonchev–Trinajstić information content (AvgIpc) is 2.48. The summed E-state index contributed by atoms with van der Waals surface area (Å²) >= 11 is 1.68. The van der Waals surface area contributed by atoms with Gasteiger partial charge in [0.2, 0.25) is 0 Å². The van der Waals surface area contributed by atoms with Gasteiger partial charge in [-0.05, 0) is 42.3 Å². The van der Waals surface area contributed by atoms with Crippen LogP contribution in [0.3, 0.4) is 0 Å². The third-order valence-corrected chi connectivity index (χ3v) is 4.64. The summed E-state index contributed by atoms with van der Waals surface area (Å²) in [7, 11) is 0. The normalized spacial score (nSPS) is 17.1. The van der Waals surface area contributed by atoms with Crippen molar-refractivity contribution < 1.29 is 9.18 Å². The summed E-state index contributed by atoms with van der Waals surface area (Å²) < 4.78 is 13.5. The lowest BCUT2D eigenvalue weighted by Gasteiger charge is -2.26. The lowest BCUT2D eigenvalue weighted by atomic mass is 10.0. The van der Waals surface area contributed by atoms with Crippen LogP contribution in [0.4, 0.5) is 10.1 Å². The maximum absolute atomic E-state index is 13.5. The van der Waals surface area contributed by atoms with Crippen LogP contribution in [0.15, 0.2) is 47.4 Å². The van der Waals surface area contributed by atoms with Crippen molar-refractivity contribution in [3.63, 3.8) is 0 Å². The number of nitrogens with one attached hydrogen (secondary N) is 1. The van der Waals surface area contributed by atoms with Gasteiger partial charge in [0.1, 0.15) is 5.82 Å². The van der Waals surface area contributed by atoms with E-state index in [0.29, 0.717) is 11.3 Å². The number of fused-ring (bicyclic) bond motifs is 1. The average molecular weight is 302 g/mol. The zero-order valence-electron chi connectivity index (χ0n) is 11.3. The van der Waals surface area contributed by atoms with Crippen molar-refractivity contribution in [3.8, 4) is 0 Å². The van der Waals surface area contributed by atoms with Crippen molar-refractivity contribution >= 4 is 23.4 Å². The van der Waals surface area contributed by atoms with E-state index in [9.17, 15) is 9.18 Å². The molecule has 108 valence electrons. The Kier molecular flexibility index (Phi) is 3.84. The fourth-order valence-corrected chi connectivity index (χ4v) is 3.56. The van der Waals surface area contributed by atoms with Crippen molar-refractivity contribution in [2.24, 2.45) is 0 Å². The molecule has 3 nitrogen and oxygen atoms in total. The molecule has 0 radical (unpaired) electrons. The smallest absolute Gasteiger partial charge is 0.253 e. The van der Waals surface area contributed by atoms with Gasteiger partial charge in [-0.3, -0.25) is 4.79 Å². The molecule has 1 heterocycles. The highest BCUT2D eigenvalue weighted by molar-refractivity contribution is 7.99. The second-order valence-corrected chi connectivity index (χ2v) is 6.07. The molecule has 0 saturated heterocycles. The van der Waals surface area contributed by atoms with Crippen molar-refractivity contribution in [1.82, 2.24) is 5.32 Å². The van der Waals surface area contributed by atoms with Gasteiger partial charge in [-0.25, -0.2) is 4.39 Å². The first kappa shape index (κ1) is 13.9. The summed E-state index contributed by atoms with van der Waals surface area (Å²) in [5.41, 5.74) is 7.56. The van der Waals surface area contributed by atoms with Gasteiger partial charge in [0.15, 0.2) is 0 Å².